The first-order valence-corrected chi connectivity index (χ1v) is 16.8. The van der Waals surface area contributed by atoms with Crippen molar-refractivity contribution >= 4 is 0 Å². The van der Waals surface area contributed by atoms with Crippen molar-refractivity contribution in [2.45, 2.75) is 83.0 Å². The fourth-order valence-corrected chi connectivity index (χ4v) is 6.29. The molecule has 0 nitrogen and oxygen atoms in total. The van der Waals surface area contributed by atoms with Crippen LogP contribution in [0.25, 0.3) is 33.4 Å². The zero-order valence-electron chi connectivity index (χ0n) is 34.0. The van der Waals surface area contributed by atoms with Gasteiger partial charge in [-0.3, -0.25) is 0 Å². The zero-order valence-corrected chi connectivity index (χ0v) is 31.0. The van der Waals surface area contributed by atoms with Gasteiger partial charge in [0.15, 0.2) is 0 Å². The van der Waals surface area contributed by atoms with Crippen molar-refractivity contribution in [3.8, 4) is 33.4 Å². The van der Waals surface area contributed by atoms with Crippen LogP contribution in [0.3, 0.4) is 0 Å². The Labute approximate surface area is 298 Å². The highest BCUT2D eigenvalue weighted by molar-refractivity contribution is 5.86. The van der Waals surface area contributed by atoms with E-state index in [1.807, 2.05) is 53.7 Å². The van der Waals surface area contributed by atoms with Gasteiger partial charge in [-0.05, 0) is 86.0 Å². The molecule has 0 aromatic heterocycles. The summed E-state index contributed by atoms with van der Waals surface area (Å²) in [5.74, 6) is 0. The monoisotopic (exact) mass is 642 g/mol. The summed E-state index contributed by atoms with van der Waals surface area (Å²) in [5.41, 5.74) is 17.5. The summed E-state index contributed by atoms with van der Waals surface area (Å²) in [6, 6.07) is 51.6. The minimum atomic E-state index is 1.10. The van der Waals surface area contributed by atoms with E-state index in [4.69, 9.17) is 4.11 Å². The second kappa shape index (κ2) is 21.2. The van der Waals surface area contributed by atoms with Gasteiger partial charge in [-0.1, -0.05) is 209 Å². The molecule has 6 aromatic carbocycles. The van der Waals surface area contributed by atoms with Crippen molar-refractivity contribution in [3.63, 3.8) is 0 Å². The third-order valence-electron chi connectivity index (χ3n) is 8.07. The first-order chi connectivity index (χ1) is 25.3. The van der Waals surface area contributed by atoms with E-state index in [0.29, 0.717) is 0 Å². The molecule has 0 N–H and O–H groups in total. The van der Waals surface area contributed by atoms with Gasteiger partial charge in [-0.25, -0.2) is 0 Å². The van der Waals surface area contributed by atoms with Crippen LogP contribution in [0, 0.1) is 0 Å². The molecule has 3 aliphatic rings. The summed E-state index contributed by atoms with van der Waals surface area (Å²) in [6.45, 7) is 12.0. The topological polar surface area (TPSA) is 0 Å². The van der Waals surface area contributed by atoms with Crippen LogP contribution < -0.4 is 0 Å². The molecule has 0 aliphatic heterocycles. The molecule has 0 heterocycles. The van der Waals surface area contributed by atoms with Crippen molar-refractivity contribution in [2.75, 3.05) is 0 Å². The summed E-state index contributed by atoms with van der Waals surface area (Å²) in [6.07, 6.45) is 3.39. The predicted molar refractivity (Wildman–Crippen MR) is 218 cm³/mol. The lowest BCUT2D eigenvalue weighted by molar-refractivity contribution is 1.19. The van der Waals surface area contributed by atoms with Crippen LogP contribution in [0.4, 0.5) is 0 Å². The first-order valence-electron chi connectivity index (χ1n) is 19.8. The SMILES string of the molecule is CC.CC.CC.[3H]C.[3H]C.[3H]C.c1cc2c3c(c1)Cc1cccc(c1-3)C2.c1ccc(-c2ccccc2)cc1.c1ccc2c(c1)Cc1ccccc1-2. The van der Waals surface area contributed by atoms with Gasteiger partial charge in [0, 0.05) is 4.11 Å². The fourth-order valence-electron chi connectivity index (χ4n) is 6.29. The van der Waals surface area contributed by atoms with Gasteiger partial charge in [0.05, 0.1) is 0 Å². The molecule has 9 rings (SSSR count). The Balaban J connectivity index is 0.000000334. The molecular formula is C48H60. The Morgan fingerprint density at radius 3 is 0.896 bits per heavy atom. The van der Waals surface area contributed by atoms with E-state index in [0.717, 1.165) is 19.3 Å². The zero-order chi connectivity index (χ0) is 38.0. The van der Waals surface area contributed by atoms with E-state index in [9.17, 15) is 0 Å². The van der Waals surface area contributed by atoms with Crippen molar-refractivity contribution in [1.29, 1.82) is 0 Å². The highest BCUT2D eigenvalue weighted by Gasteiger charge is 2.28. The molecule has 0 saturated heterocycles. The Morgan fingerprint density at radius 1 is 0.312 bits per heavy atom. The molecule has 0 saturated carbocycles. The molecule has 0 spiro atoms. The molecule has 0 heteroatoms. The standard InChI is InChI=1S/C14H10.C13H10.C12H10.3C2H6.3CH4/c1-3-9-7-11-5-2-6-12-8-10(4-1)13(9)14(11)12;1-3-7-12-10(5-1)9-11-6-2-4-8-13(11)12;1-3-7-11(8-4-1)12-9-5-2-6-10-12;3*1-2;;;/h1-6H,7-8H2;1-8H,9H2;1-10H;3*1-2H3;3*1H4/i;;;;;;3*1T. The average Bonchev–Trinajstić information content (AvgIpc) is 3.96. The number of hydrogen-bond acceptors (Lipinski definition) is 0. The maximum absolute atomic E-state index is 5.75. The Morgan fingerprint density at radius 2 is 0.562 bits per heavy atom. The van der Waals surface area contributed by atoms with Crippen molar-refractivity contribution < 1.29 is 4.11 Å². The fraction of sp³-hybridized carbons (Fsp3) is 0.250. The quantitative estimate of drug-likeness (QED) is 0.167. The molecular weight excluding hydrogens is 577 g/mol. The lowest BCUT2D eigenvalue weighted by Gasteiger charge is -2.00. The van der Waals surface area contributed by atoms with Crippen molar-refractivity contribution in [3.05, 3.63) is 179 Å². The number of rotatable bonds is 1. The van der Waals surface area contributed by atoms with E-state index in [2.05, 4.69) is 133 Å². The van der Waals surface area contributed by atoms with Gasteiger partial charge < -0.3 is 0 Å². The summed E-state index contributed by atoms with van der Waals surface area (Å²) >= 11 is 0. The van der Waals surface area contributed by atoms with E-state index in [1.165, 1.54) is 77.8 Å². The van der Waals surface area contributed by atoms with Crippen LogP contribution in [0.2, 0.25) is 0 Å². The highest BCUT2D eigenvalue weighted by Crippen LogP contribution is 2.46. The van der Waals surface area contributed by atoms with Crippen LogP contribution in [0.5, 0.6) is 0 Å². The van der Waals surface area contributed by atoms with Gasteiger partial charge in [0.25, 0.3) is 0 Å². The second-order valence-electron chi connectivity index (χ2n) is 10.5. The normalized spacial score (nSPS) is 10.8. The van der Waals surface area contributed by atoms with Gasteiger partial charge in [0.1, 0.15) is 0 Å². The molecule has 48 heavy (non-hydrogen) atoms. The van der Waals surface area contributed by atoms with E-state index >= 15 is 0 Å². The maximum Gasteiger partial charge on any atom is 0.0194 e. The van der Waals surface area contributed by atoms with E-state index < -0.39 is 0 Å². The lowest BCUT2D eigenvalue weighted by Crippen LogP contribution is -1.87. The third-order valence-corrected chi connectivity index (χ3v) is 8.07. The summed E-state index contributed by atoms with van der Waals surface area (Å²) in [4.78, 5) is 0. The summed E-state index contributed by atoms with van der Waals surface area (Å²) < 4.78 is 17.2. The van der Waals surface area contributed by atoms with E-state index in [-0.39, 0.29) is 0 Å². The molecule has 0 amide bonds. The van der Waals surface area contributed by atoms with E-state index in [1.54, 1.807) is 11.1 Å². The Bertz CT molecular complexity index is 1600. The average molecular weight is 643 g/mol. The molecule has 6 aromatic rings. The molecule has 0 unspecified atom stereocenters. The number of hydrogen-bond donors (Lipinski definition) is 0. The molecule has 0 bridgehead atoms. The third kappa shape index (κ3) is 9.23. The predicted octanol–water partition coefficient (Wildman–Crippen LogP) is 14.8. The lowest BCUT2D eigenvalue weighted by atomic mass is 10.0. The molecule has 252 valence electrons. The van der Waals surface area contributed by atoms with Crippen molar-refractivity contribution in [1.82, 2.24) is 0 Å². The largest absolute Gasteiger partial charge is 0.0776 e. The van der Waals surface area contributed by atoms with Crippen LogP contribution in [0.1, 0.15) is 101 Å². The molecule has 0 fully saturated rings. The summed E-state index contributed by atoms with van der Waals surface area (Å²) in [7, 11) is 3.75. The van der Waals surface area contributed by atoms with Crippen LogP contribution in [-0.2, 0) is 19.3 Å². The Kier molecular flexibility index (Phi) is 16.0. The highest BCUT2D eigenvalue weighted by atomic mass is 14.3. The number of benzene rings is 6. The first kappa shape index (κ1) is 36.2. The Hall–Kier alpha value is -4.68. The smallest absolute Gasteiger partial charge is 0.0194 e. The van der Waals surface area contributed by atoms with Crippen LogP contribution in [-0.4, -0.2) is 0 Å². The van der Waals surface area contributed by atoms with Gasteiger partial charge >= 0.3 is 0 Å². The van der Waals surface area contributed by atoms with Crippen LogP contribution >= 0.6 is 0 Å². The molecule has 0 radical (unpaired) electrons. The second-order valence-corrected chi connectivity index (χ2v) is 10.5. The maximum atomic E-state index is 5.75. The van der Waals surface area contributed by atoms with Gasteiger partial charge in [0.2, 0.25) is 0 Å². The van der Waals surface area contributed by atoms with Crippen LogP contribution in [0.15, 0.2) is 146 Å². The van der Waals surface area contributed by atoms with Crippen molar-refractivity contribution in [2.24, 2.45) is 0 Å². The minimum Gasteiger partial charge on any atom is -0.0776 e. The molecule has 3 aliphatic carbocycles. The molecule has 0 atom stereocenters. The van der Waals surface area contributed by atoms with Gasteiger partial charge in [-0.2, -0.15) is 0 Å². The summed E-state index contributed by atoms with van der Waals surface area (Å²) in [5, 5.41) is 0. The van der Waals surface area contributed by atoms with Gasteiger partial charge in [-0.15, -0.1) is 0 Å². The number of fused-ring (bicyclic) bond motifs is 3. The minimum absolute atomic E-state index is 1.10.